The Labute approximate surface area is 267 Å². The molecule has 46 heavy (non-hydrogen) atoms. The number of carbonyl (C=O) groups excluding carboxylic acids is 5. The van der Waals surface area contributed by atoms with E-state index in [1.54, 1.807) is 19.1 Å². The summed E-state index contributed by atoms with van der Waals surface area (Å²) in [4.78, 5) is 79.0. The van der Waals surface area contributed by atoms with E-state index in [1.807, 2.05) is 48.5 Å². The predicted octanol–water partition coefficient (Wildman–Crippen LogP) is 3.87. The number of rotatable bonds is 9. The molecule has 0 spiro atoms. The molecule has 3 N–H and O–H groups in total. The number of carboxylic acid groups (broad SMARTS) is 1. The van der Waals surface area contributed by atoms with Gasteiger partial charge in [0.2, 0.25) is 11.7 Å². The number of thioether (sulfide) groups is 1. The van der Waals surface area contributed by atoms with Crippen molar-refractivity contribution in [3.8, 4) is 11.1 Å². The molecule has 0 radical (unpaired) electrons. The van der Waals surface area contributed by atoms with Gasteiger partial charge < -0.3 is 25.2 Å². The van der Waals surface area contributed by atoms with Crippen LogP contribution in [0.15, 0.2) is 83.3 Å². The fourth-order valence-electron chi connectivity index (χ4n) is 6.16. The van der Waals surface area contributed by atoms with Crippen molar-refractivity contribution >= 4 is 47.3 Å². The predicted molar refractivity (Wildman–Crippen MR) is 166 cm³/mol. The van der Waals surface area contributed by atoms with Crippen LogP contribution < -0.4 is 10.6 Å². The third kappa shape index (κ3) is 5.24. The Kier molecular flexibility index (Phi) is 8.22. The fourth-order valence-corrected chi connectivity index (χ4v) is 7.51. The second kappa shape index (κ2) is 12.3. The van der Waals surface area contributed by atoms with Gasteiger partial charge in [-0.15, -0.1) is 11.8 Å². The summed E-state index contributed by atoms with van der Waals surface area (Å²) in [5, 5.41) is 14.4. The lowest BCUT2D eigenvalue weighted by molar-refractivity contribution is -0.150. The summed E-state index contributed by atoms with van der Waals surface area (Å²) >= 11 is 0.921. The first kappa shape index (κ1) is 30.8. The monoisotopic (exact) mass is 640 g/mol. The molecule has 2 aliphatic carbocycles. The number of ketones is 2. The number of allylic oxidation sites excluding steroid dienone is 1. The van der Waals surface area contributed by atoms with E-state index in [0.29, 0.717) is 0 Å². The minimum atomic E-state index is -2.10. The number of ether oxygens (including phenoxy) is 2. The van der Waals surface area contributed by atoms with Gasteiger partial charge in [-0.05, 0) is 29.2 Å². The number of hydrogen-bond donors (Lipinski definition) is 3. The van der Waals surface area contributed by atoms with Crippen molar-refractivity contribution in [1.29, 1.82) is 0 Å². The summed E-state index contributed by atoms with van der Waals surface area (Å²) in [5.41, 5.74) is 1.84. The molecular formula is C34H28N2O9S. The summed E-state index contributed by atoms with van der Waals surface area (Å²) in [7, 11) is 0. The van der Waals surface area contributed by atoms with Gasteiger partial charge in [0.05, 0.1) is 23.5 Å². The van der Waals surface area contributed by atoms with Gasteiger partial charge in [-0.1, -0.05) is 72.8 Å². The average Bonchev–Trinajstić information content (AvgIpc) is 3.59. The van der Waals surface area contributed by atoms with Crippen LogP contribution in [0.2, 0.25) is 0 Å². The molecule has 0 fully saturated rings. The molecule has 0 saturated heterocycles. The minimum Gasteiger partial charge on any atom is -0.481 e. The topological polar surface area (TPSA) is 165 Å². The molecule has 0 bridgehead atoms. The van der Waals surface area contributed by atoms with Crippen molar-refractivity contribution in [3.63, 3.8) is 0 Å². The van der Waals surface area contributed by atoms with Crippen molar-refractivity contribution in [2.75, 3.05) is 19.0 Å². The van der Waals surface area contributed by atoms with Gasteiger partial charge in [0.15, 0.2) is 11.3 Å². The Bertz CT molecular complexity index is 1810. The maximum absolute atomic E-state index is 13.7. The lowest BCUT2D eigenvalue weighted by atomic mass is 9.79. The highest BCUT2D eigenvalue weighted by molar-refractivity contribution is 8.04. The van der Waals surface area contributed by atoms with E-state index in [9.17, 15) is 33.9 Å². The second-order valence-electron chi connectivity index (χ2n) is 10.9. The number of nitrogens with one attached hydrogen (secondary N) is 2. The molecule has 3 aromatic carbocycles. The van der Waals surface area contributed by atoms with Crippen LogP contribution in [0.3, 0.4) is 0 Å². The molecule has 6 rings (SSSR count). The number of Topliss-reactive ketones (excluding diaryl/α,β-unsaturated/α-hetero) is 2. The van der Waals surface area contributed by atoms with E-state index in [0.717, 1.165) is 34.0 Å². The molecule has 1 heterocycles. The van der Waals surface area contributed by atoms with Crippen LogP contribution in [0.4, 0.5) is 4.79 Å². The van der Waals surface area contributed by atoms with E-state index in [2.05, 4.69) is 10.6 Å². The number of carboxylic acids is 1. The quantitative estimate of drug-likeness (QED) is 0.293. The van der Waals surface area contributed by atoms with Gasteiger partial charge in [0.25, 0.3) is 0 Å². The zero-order chi connectivity index (χ0) is 32.6. The summed E-state index contributed by atoms with van der Waals surface area (Å²) in [6, 6.07) is 19.9. The third-order valence-electron chi connectivity index (χ3n) is 8.23. The second-order valence-corrected chi connectivity index (χ2v) is 11.9. The van der Waals surface area contributed by atoms with Crippen LogP contribution in [0.1, 0.15) is 51.1 Å². The molecule has 12 heteroatoms. The molecule has 3 aliphatic rings. The molecule has 234 valence electrons. The highest BCUT2D eigenvalue weighted by Crippen LogP contribution is 2.47. The van der Waals surface area contributed by atoms with Gasteiger partial charge in [-0.3, -0.25) is 19.2 Å². The standard InChI is InChI=1S/C34H28N2O9S/c1-2-44-32(42)34(17-46-30-27(34)28(39)22-13-7-8-14-23(22)29(30)40)36-31(41)25(15-26(37)38)35-33(43)45-16-24-20-11-5-3-9-18(20)19-10-4-6-12-21(19)24/h3-14,24-25H,2,15-17H2,1H3,(H,35,43)(H,36,41)(H,37,38)/t25-,34?/m0/s1. The largest absolute Gasteiger partial charge is 0.481 e. The van der Waals surface area contributed by atoms with Gasteiger partial charge in [0, 0.05) is 22.8 Å². The molecule has 11 nitrogen and oxygen atoms in total. The highest BCUT2D eigenvalue weighted by atomic mass is 32.2. The smallest absolute Gasteiger partial charge is 0.407 e. The Balaban J connectivity index is 1.24. The number of alkyl carbamates (subject to hydrolysis) is 1. The number of aliphatic carboxylic acids is 1. The Morgan fingerprint density at radius 2 is 1.43 bits per heavy atom. The Morgan fingerprint density at radius 3 is 2.02 bits per heavy atom. The summed E-state index contributed by atoms with van der Waals surface area (Å²) in [5.74, 6) is -5.12. The van der Waals surface area contributed by atoms with Crippen molar-refractivity contribution < 1.29 is 43.3 Å². The Hall–Kier alpha value is -5.23. The summed E-state index contributed by atoms with van der Waals surface area (Å²) < 4.78 is 10.8. The number of fused-ring (bicyclic) bond motifs is 4. The van der Waals surface area contributed by atoms with Crippen molar-refractivity contribution in [2.45, 2.75) is 30.8 Å². The number of esters is 1. The van der Waals surface area contributed by atoms with E-state index in [4.69, 9.17) is 9.47 Å². The van der Waals surface area contributed by atoms with Crippen LogP contribution in [0.25, 0.3) is 11.1 Å². The van der Waals surface area contributed by atoms with Crippen molar-refractivity contribution in [2.24, 2.45) is 0 Å². The normalized spacial score (nSPS) is 18.5. The fraction of sp³-hybridized carbons (Fsp3) is 0.235. The van der Waals surface area contributed by atoms with E-state index in [1.165, 1.54) is 12.1 Å². The first-order chi connectivity index (χ1) is 22.2. The third-order valence-corrected chi connectivity index (χ3v) is 9.48. The lowest BCUT2D eigenvalue weighted by Gasteiger charge is -2.32. The average molecular weight is 641 g/mol. The van der Waals surface area contributed by atoms with Gasteiger partial charge in [0.1, 0.15) is 12.6 Å². The van der Waals surface area contributed by atoms with Crippen molar-refractivity contribution in [1.82, 2.24) is 10.6 Å². The van der Waals surface area contributed by atoms with Crippen LogP contribution >= 0.6 is 11.8 Å². The summed E-state index contributed by atoms with van der Waals surface area (Å²) in [6.45, 7) is 1.36. The number of amides is 2. The number of hydrogen-bond acceptors (Lipinski definition) is 9. The van der Waals surface area contributed by atoms with E-state index in [-0.39, 0.29) is 46.5 Å². The van der Waals surface area contributed by atoms with E-state index >= 15 is 0 Å². The van der Waals surface area contributed by atoms with E-state index < -0.39 is 53.5 Å². The molecular weight excluding hydrogens is 612 g/mol. The van der Waals surface area contributed by atoms with Crippen LogP contribution in [0, 0.1) is 0 Å². The van der Waals surface area contributed by atoms with Crippen molar-refractivity contribution in [3.05, 3.63) is 106 Å². The maximum atomic E-state index is 13.7. The van der Waals surface area contributed by atoms with Gasteiger partial charge in [-0.2, -0.15) is 0 Å². The molecule has 2 amide bonds. The number of benzene rings is 3. The molecule has 0 aromatic heterocycles. The highest BCUT2D eigenvalue weighted by Gasteiger charge is 2.57. The van der Waals surface area contributed by atoms with Gasteiger partial charge in [-0.25, -0.2) is 9.59 Å². The van der Waals surface area contributed by atoms with Gasteiger partial charge >= 0.3 is 18.0 Å². The molecule has 2 atom stereocenters. The lowest BCUT2D eigenvalue weighted by Crippen LogP contribution is -2.62. The SMILES string of the molecule is CCOC(=O)C1(NC(=O)[C@H](CC(=O)O)NC(=O)OCC2c3ccccc3-c3ccccc32)CSC2=C1C(=O)c1ccccc1C2=O. The number of carbonyl (C=O) groups is 6. The molecule has 1 aliphatic heterocycles. The molecule has 1 unspecified atom stereocenters. The molecule has 3 aromatic rings. The zero-order valence-electron chi connectivity index (χ0n) is 24.5. The van der Waals surface area contributed by atoms with Crippen LogP contribution in [0.5, 0.6) is 0 Å². The first-order valence-corrected chi connectivity index (χ1v) is 15.5. The maximum Gasteiger partial charge on any atom is 0.407 e. The van der Waals surface area contributed by atoms with Crippen LogP contribution in [-0.4, -0.2) is 71.2 Å². The first-order valence-electron chi connectivity index (χ1n) is 14.5. The Morgan fingerprint density at radius 1 is 0.870 bits per heavy atom. The zero-order valence-corrected chi connectivity index (χ0v) is 25.3. The summed E-state index contributed by atoms with van der Waals surface area (Å²) in [6.07, 6.45) is -1.91. The molecule has 0 saturated carbocycles. The van der Waals surface area contributed by atoms with Crippen LogP contribution in [-0.2, 0) is 23.9 Å². The minimum absolute atomic E-state index is 0.00340.